The summed E-state index contributed by atoms with van der Waals surface area (Å²) in [5.41, 5.74) is 1.36. The number of hydrogen-bond donors (Lipinski definition) is 0. The third-order valence-electron chi connectivity index (χ3n) is 3.95. The van der Waals surface area contributed by atoms with Crippen molar-refractivity contribution in [1.82, 2.24) is 24.7 Å². The summed E-state index contributed by atoms with van der Waals surface area (Å²) >= 11 is 0. The van der Waals surface area contributed by atoms with E-state index in [4.69, 9.17) is 4.52 Å². The molecule has 0 unspecified atom stereocenters. The SMILES string of the molecule is CCCn1ccnc1CCCN(C)c1ncnc2onc(C)c12. The third kappa shape index (κ3) is 3.18. The maximum atomic E-state index is 5.20. The molecule has 0 atom stereocenters. The second kappa shape index (κ2) is 6.76. The van der Waals surface area contributed by atoms with Gasteiger partial charge in [0, 0.05) is 39.0 Å². The Morgan fingerprint density at radius 1 is 1.26 bits per heavy atom. The number of rotatable bonds is 7. The van der Waals surface area contributed by atoms with Gasteiger partial charge in [-0.05, 0) is 19.8 Å². The van der Waals surface area contributed by atoms with E-state index in [2.05, 4.69) is 42.7 Å². The van der Waals surface area contributed by atoms with Crippen LogP contribution in [0.5, 0.6) is 0 Å². The van der Waals surface area contributed by atoms with Crippen molar-refractivity contribution in [3.8, 4) is 0 Å². The number of anilines is 1. The Kier molecular flexibility index (Phi) is 4.55. The smallest absolute Gasteiger partial charge is 0.263 e. The maximum absolute atomic E-state index is 5.20. The lowest BCUT2D eigenvalue weighted by Gasteiger charge is -2.18. The summed E-state index contributed by atoms with van der Waals surface area (Å²) in [6.07, 6.45) is 8.53. The van der Waals surface area contributed by atoms with Crippen LogP contribution in [0.3, 0.4) is 0 Å². The molecule has 3 heterocycles. The minimum atomic E-state index is 0.540. The van der Waals surface area contributed by atoms with Crippen LogP contribution < -0.4 is 4.90 Å². The van der Waals surface area contributed by atoms with E-state index in [1.165, 1.54) is 6.33 Å². The van der Waals surface area contributed by atoms with Crippen LogP contribution in [0.15, 0.2) is 23.2 Å². The highest BCUT2D eigenvalue weighted by atomic mass is 16.5. The highest BCUT2D eigenvalue weighted by Crippen LogP contribution is 2.25. The molecule has 23 heavy (non-hydrogen) atoms. The monoisotopic (exact) mass is 314 g/mol. The van der Waals surface area contributed by atoms with Gasteiger partial charge >= 0.3 is 0 Å². The van der Waals surface area contributed by atoms with E-state index in [0.29, 0.717) is 5.71 Å². The first-order chi connectivity index (χ1) is 11.2. The van der Waals surface area contributed by atoms with Crippen molar-refractivity contribution in [3.05, 3.63) is 30.2 Å². The van der Waals surface area contributed by atoms with Gasteiger partial charge in [0.25, 0.3) is 5.71 Å². The fourth-order valence-electron chi connectivity index (χ4n) is 2.79. The Balaban J connectivity index is 1.66. The van der Waals surface area contributed by atoms with Gasteiger partial charge in [-0.2, -0.15) is 4.98 Å². The number of hydrogen-bond acceptors (Lipinski definition) is 6. The van der Waals surface area contributed by atoms with Gasteiger partial charge in [0.2, 0.25) is 0 Å². The minimum absolute atomic E-state index is 0.540. The molecule has 0 bridgehead atoms. The number of imidazole rings is 1. The summed E-state index contributed by atoms with van der Waals surface area (Å²) in [6, 6.07) is 0. The number of fused-ring (bicyclic) bond motifs is 1. The molecule has 122 valence electrons. The van der Waals surface area contributed by atoms with Gasteiger partial charge in [0.05, 0.1) is 5.69 Å². The number of nitrogens with zero attached hydrogens (tertiary/aromatic N) is 6. The summed E-state index contributed by atoms with van der Waals surface area (Å²) < 4.78 is 7.43. The molecule has 0 radical (unpaired) electrons. The van der Waals surface area contributed by atoms with Crippen LogP contribution in [0.2, 0.25) is 0 Å². The van der Waals surface area contributed by atoms with Crippen molar-refractivity contribution in [2.24, 2.45) is 0 Å². The summed E-state index contributed by atoms with van der Waals surface area (Å²) in [6.45, 7) is 6.00. The Morgan fingerprint density at radius 3 is 2.96 bits per heavy atom. The lowest BCUT2D eigenvalue weighted by molar-refractivity contribution is 0.442. The third-order valence-corrected chi connectivity index (χ3v) is 3.95. The van der Waals surface area contributed by atoms with Crippen molar-refractivity contribution >= 4 is 16.9 Å². The van der Waals surface area contributed by atoms with Gasteiger partial charge in [0.1, 0.15) is 23.4 Å². The van der Waals surface area contributed by atoms with E-state index in [1.807, 2.05) is 20.2 Å². The van der Waals surface area contributed by atoms with Gasteiger partial charge in [-0.1, -0.05) is 12.1 Å². The highest BCUT2D eigenvalue weighted by Gasteiger charge is 2.15. The van der Waals surface area contributed by atoms with Gasteiger partial charge in [0.15, 0.2) is 0 Å². The van der Waals surface area contributed by atoms with E-state index in [9.17, 15) is 0 Å². The van der Waals surface area contributed by atoms with Crippen molar-refractivity contribution in [2.45, 2.75) is 39.7 Å². The maximum Gasteiger partial charge on any atom is 0.263 e. The normalized spacial score (nSPS) is 11.3. The van der Waals surface area contributed by atoms with E-state index in [-0.39, 0.29) is 0 Å². The topological polar surface area (TPSA) is 72.9 Å². The van der Waals surface area contributed by atoms with E-state index in [0.717, 1.165) is 55.1 Å². The van der Waals surface area contributed by atoms with Crippen molar-refractivity contribution in [1.29, 1.82) is 0 Å². The zero-order chi connectivity index (χ0) is 16.2. The zero-order valence-corrected chi connectivity index (χ0v) is 13.9. The first-order valence-corrected chi connectivity index (χ1v) is 7.98. The lowest BCUT2D eigenvalue weighted by Crippen LogP contribution is -2.21. The predicted octanol–water partition coefficient (Wildman–Crippen LogP) is 2.60. The number of aryl methyl sites for hydroxylation is 3. The summed E-state index contributed by atoms with van der Waals surface area (Å²) in [7, 11) is 2.03. The van der Waals surface area contributed by atoms with Crippen molar-refractivity contribution < 1.29 is 4.52 Å². The van der Waals surface area contributed by atoms with Crippen LogP contribution >= 0.6 is 0 Å². The average molecular weight is 314 g/mol. The van der Waals surface area contributed by atoms with Gasteiger partial charge in [-0.25, -0.2) is 9.97 Å². The molecule has 0 aliphatic rings. The Bertz CT molecular complexity index is 778. The number of aromatic nitrogens is 5. The fourth-order valence-corrected chi connectivity index (χ4v) is 2.79. The molecule has 0 spiro atoms. The molecule has 0 aliphatic carbocycles. The Hall–Kier alpha value is -2.44. The van der Waals surface area contributed by atoms with Crippen LogP contribution in [0.4, 0.5) is 5.82 Å². The quantitative estimate of drug-likeness (QED) is 0.667. The van der Waals surface area contributed by atoms with Crippen LogP contribution in [0.1, 0.15) is 31.3 Å². The molecule has 3 rings (SSSR count). The molecule has 0 saturated carbocycles. The molecule has 3 aromatic heterocycles. The molecule has 0 amide bonds. The Morgan fingerprint density at radius 2 is 2.13 bits per heavy atom. The summed E-state index contributed by atoms with van der Waals surface area (Å²) in [5, 5.41) is 4.87. The standard InChI is InChI=1S/C16H22N6O/c1-4-8-22-10-7-17-13(22)6-5-9-21(3)15-14-12(2)20-23-16(14)19-11-18-15/h7,10-11H,4-6,8-9H2,1-3H3. The van der Waals surface area contributed by atoms with Crippen LogP contribution in [0.25, 0.3) is 11.1 Å². The lowest BCUT2D eigenvalue weighted by atomic mass is 10.2. The van der Waals surface area contributed by atoms with Crippen LogP contribution in [-0.2, 0) is 13.0 Å². The van der Waals surface area contributed by atoms with E-state index >= 15 is 0 Å². The van der Waals surface area contributed by atoms with E-state index in [1.54, 1.807) is 0 Å². The minimum Gasteiger partial charge on any atom is -0.359 e. The predicted molar refractivity (Wildman–Crippen MR) is 88.4 cm³/mol. The van der Waals surface area contributed by atoms with E-state index < -0.39 is 0 Å². The molecule has 0 N–H and O–H groups in total. The fraction of sp³-hybridized carbons (Fsp3) is 0.500. The van der Waals surface area contributed by atoms with Gasteiger partial charge in [-0.3, -0.25) is 0 Å². The molecule has 3 aromatic rings. The van der Waals surface area contributed by atoms with Crippen LogP contribution in [-0.4, -0.2) is 38.3 Å². The Labute approximate surface area is 135 Å². The zero-order valence-electron chi connectivity index (χ0n) is 13.9. The summed E-state index contributed by atoms with van der Waals surface area (Å²) in [5.74, 6) is 2.01. The van der Waals surface area contributed by atoms with Gasteiger partial charge < -0.3 is 14.0 Å². The molecular formula is C16H22N6O. The largest absolute Gasteiger partial charge is 0.359 e. The second-order valence-corrected chi connectivity index (χ2v) is 5.71. The van der Waals surface area contributed by atoms with Crippen LogP contribution in [0, 0.1) is 6.92 Å². The van der Waals surface area contributed by atoms with Crippen molar-refractivity contribution in [2.75, 3.05) is 18.5 Å². The molecule has 0 fully saturated rings. The molecule has 7 nitrogen and oxygen atoms in total. The summed E-state index contributed by atoms with van der Waals surface area (Å²) in [4.78, 5) is 15.1. The molecule has 0 saturated heterocycles. The molecule has 7 heteroatoms. The second-order valence-electron chi connectivity index (χ2n) is 5.71. The molecular weight excluding hydrogens is 292 g/mol. The first kappa shape index (κ1) is 15.5. The highest BCUT2D eigenvalue weighted by molar-refractivity contribution is 5.87. The van der Waals surface area contributed by atoms with Gasteiger partial charge in [-0.15, -0.1) is 0 Å². The molecule has 0 aromatic carbocycles. The first-order valence-electron chi connectivity index (χ1n) is 7.98. The molecule has 0 aliphatic heterocycles. The van der Waals surface area contributed by atoms with Crippen molar-refractivity contribution in [3.63, 3.8) is 0 Å². The average Bonchev–Trinajstić information content (AvgIpc) is 3.15.